The predicted molar refractivity (Wildman–Crippen MR) is 41.3 cm³/mol. The average molecular weight is 177 g/mol. The average Bonchev–Trinajstić information content (AvgIpc) is 2.02. The Kier molecular flexibility index (Phi) is 3.39. The fourth-order valence-electron chi connectivity index (χ4n) is 1.03. The van der Waals surface area contributed by atoms with Gasteiger partial charge < -0.3 is 15.3 Å². The molecule has 12 heavy (non-hydrogen) atoms. The number of hydrogen-bond donors (Lipinski definition) is 5. The van der Waals surface area contributed by atoms with E-state index in [4.69, 9.17) is 15.3 Å². The van der Waals surface area contributed by atoms with Gasteiger partial charge in [-0.3, -0.25) is 0 Å². The molecular formula is C6H15N3O3. The SMILES string of the molecule is OC(O)(O)CCN1CCCNN1. The first-order valence-corrected chi connectivity index (χ1v) is 3.98. The third kappa shape index (κ3) is 3.96. The van der Waals surface area contributed by atoms with Gasteiger partial charge in [0.25, 0.3) is 5.97 Å². The van der Waals surface area contributed by atoms with E-state index >= 15 is 0 Å². The van der Waals surface area contributed by atoms with Crippen LogP contribution in [0.15, 0.2) is 0 Å². The number of rotatable bonds is 3. The molecule has 0 aromatic carbocycles. The molecular weight excluding hydrogens is 162 g/mol. The van der Waals surface area contributed by atoms with Crippen molar-refractivity contribution in [2.45, 2.75) is 18.8 Å². The van der Waals surface area contributed by atoms with Gasteiger partial charge in [0.2, 0.25) is 0 Å². The van der Waals surface area contributed by atoms with E-state index in [2.05, 4.69) is 11.0 Å². The Morgan fingerprint density at radius 2 is 2.08 bits per heavy atom. The highest BCUT2D eigenvalue weighted by Crippen LogP contribution is 2.02. The summed E-state index contributed by atoms with van der Waals surface area (Å²) >= 11 is 0. The minimum absolute atomic E-state index is 0.0956. The quantitative estimate of drug-likeness (QED) is 0.312. The van der Waals surface area contributed by atoms with Crippen LogP contribution in [0.2, 0.25) is 0 Å². The topological polar surface area (TPSA) is 88.0 Å². The Morgan fingerprint density at radius 3 is 2.58 bits per heavy atom. The molecule has 1 aliphatic rings. The molecule has 1 rings (SSSR count). The monoisotopic (exact) mass is 177 g/mol. The molecule has 1 saturated heterocycles. The van der Waals surface area contributed by atoms with E-state index < -0.39 is 5.97 Å². The van der Waals surface area contributed by atoms with Gasteiger partial charge >= 0.3 is 0 Å². The van der Waals surface area contributed by atoms with Crippen LogP contribution in [-0.2, 0) is 0 Å². The van der Waals surface area contributed by atoms with Crippen LogP contribution >= 0.6 is 0 Å². The molecule has 0 aromatic heterocycles. The molecule has 1 heterocycles. The molecule has 0 saturated carbocycles. The van der Waals surface area contributed by atoms with Crippen molar-refractivity contribution in [2.75, 3.05) is 19.6 Å². The zero-order valence-corrected chi connectivity index (χ0v) is 6.82. The summed E-state index contributed by atoms with van der Waals surface area (Å²) in [6.45, 7) is 2.12. The second-order valence-corrected chi connectivity index (χ2v) is 2.90. The van der Waals surface area contributed by atoms with E-state index in [-0.39, 0.29) is 6.42 Å². The van der Waals surface area contributed by atoms with Crippen molar-refractivity contribution in [2.24, 2.45) is 0 Å². The maximum atomic E-state index is 8.58. The third-order valence-electron chi connectivity index (χ3n) is 1.68. The molecule has 6 heteroatoms. The van der Waals surface area contributed by atoms with Gasteiger partial charge in [-0.1, -0.05) is 0 Å². The van der Waals surface area contributed by atoms with Crippen molar-refractivity contribution in [3.63, 3.8) is 0 Å². The molecule has 0 atom stereocenters. The lowest BCUT2D eigenvalue weighted by Gasteiger charge is -2.29. The summed E-state index contributed by atoms with van der Waals surface area (Å²) in [5, 5.41) is 27.5. The molecule has 0 aromatic rings. The van der Waals surface area contributed by atoms with Gasteiger partial charge in [0.05, 0.1) is 0 Å². The van der Waals surface area contributed by atoms with E-state index in [0.29, 0.717) is 6.54 Å². The number of hydrogen-bond acceptors (Lipinski definition) is 6. The number of nitrogens with one attached hydrogen (secondary N) is 2. The van der Waals surface area contributed by atoms with Crippen molar-refractivity contribution in [3.05, 3.63) is 0 Å². The highest BCUT2D eigenvalue weighted by Gasteiger charge is 2.20. The van der Waals surface area contributed by atoms with Gasteiger partial charge in [0.1, 0.15) is 0 Å². The zero-order chi connectivity index (χ0) is 9.03. The van der Waals surface area contributed by atoms with Crippen LogP contribution < -0.4 is 11.0 Å². The first kappa shape index (κ1) is 9.85. The van der Waals surface area contributed by atoms with Crippen LogP contribution in [0.4, 0.5) is 0 Å². The number of aliphatic hydroxyl groups is 3. The van der Waals surface area contributed by atoms with Gasteiger partial charge in [-0.25, -0.2) is 10.4 Å². The molecule has 0 bridgehead atoms. The molecule has 6 nitrogen and oxygen atoms in total. The summed E-state index contributed by atoms with van der Waals surface area (Å²) in [6.07, 6.45) is 0.907. The first-order valence-electron chi connectivity index (χ1n) is 3.98. The fourth-order valence-corrected chi connectivity index (χ4v) is 1.03. The molecule has 0 amide bonds. The first-order chi connectivity index (χ1) is 5.58. The zero-order valence-electron chi connectivity index (χ0n) is 6.82. The Morgan fingerprint density at radius 1 is 1.33 bits per heavy atom. The maximum absolute atomic E-state index is 8.58. The standard InChI is InChI=1S/C6H15N3O3/c10-6(11,12)2-5-9-4-1-3-7-8-9/h7-8,10-12H,1-5H2. The lowest BCUT2D eigenvalue weighted by atomic mass is 10.3. The Labute approximate surface area is 70.7 Å². The third-order valence-corrected chi connectivity index (χ3v) is 1.68. The van der Waals surface area contributed by atoms with Gasteiger partial charge in [-0.2, -0.15) is 5.53 Å². The highest BCUT2D eigenvalue weighted by molar-refractivity contribution is 4.59. The van der Waals surface area contributed by atoms with Gasteiger partial charge in [-0.15, -0.1) is 0 Å². The maximum Gasteiger partial charge on any atom is 0.276 e. The van der Waals surface area contributed by atoms with Crippen molar-refractivity contribution in [1.29, 1.82) is 0 Å². The second-order valence-electron chi connectivity index (χ2n) is 2.90. The minimum atomic E-state index is -2.56. The summed E-state index contributed by atoms with van der Waals surface area (Å²) in [4.78, 5) is 0. The van der Waals surface area contributed by atoms with E-state index in [9.17, 15) is 0 Å². The smallest absolute Gasteiger partial charge is 0.276 e. The van der Waals surface area contributed by atoms with Crippen LogP contribution in [0.25, 0.3) is 0 Å². The Hall–Kier alpha value is -0.240. The van der Waals surface area contributed by atoms with Crippen LogP contribution in [0, 0.1) is 0 Å². The number of hydrazine groups is 2. The largest absolute Gasteiger partial charge is 0.344 e. The summed E-state index contributed by atoms with van der Waals surface area (Å²) in [6, 6.07) is 0. The molecule has 0 spiro atoms. The van der Waals surface area contributed by atoms with Gasteiger partial charge in [0.15, 0.2) is 0 Å². The molecule has 5 N–H and O–H groups in total. The van der Waals surface area contributed by atoms with Gasteiger partial charge in [-0.05, 0) is 6.42 Å². The summed E-state index contributed by atoms with van der Waals surface area (Å²) < 4.78 is 0. The molecule has 0 aliphatic carbocycles. The molecule has 1 fully saturated rings. The minimum Gasteiger partial charge on any atom is -0.344 e. The summed E-state index contributed by atoms with van der Waals surface area (Å²) in [5.74, 6) is -2.56. The second kappa shape index (κ2) is 4.13. The van der Waals surface area contributed by atoms with Crippen LogP contribution in [-0.4, -0.2) is 45.9 Å². The van der Waals surface area contributed by atoms with Crippen molar-refractivity contribution in [3.8, 4) is 0 Å². The lowest BCUT2D eigenvalue weighted by molar-refractivity contribution is -0.316. The fraction of sp³-hybridized carbons (Fsp3) is 1.00. The van der Waals surface area contributed by atoms with Crippen molar-refractivity contribution >= 4 is 0 Å². The lowest BCUT2D eigenvalue weighted by Crippen LogP contribution is -2.53. The predicted octanol–water partition coefficient (Wildman–Crippen LogP) is -2.28. The molecule has 1 aliphatic heterocycles. The van der Waals surface area contributed by atoms with E-state index in [0.717, 1.165) is 19.5 Å². The normalized spacial score (nSPS) is 21.2. The number of nitrogens with zero attached hydrogens (tertiary/aromatic N) is 1. The molecule has 0 unspecified atom stereocenters. The Bertz CT molecular complexity index is 130. The van der Waals surface area contributed by atoms with E-state index in [1.54, 1.807) is 5.01 Å². The molecule has 0 radical (unpaired) electrons. The molecule has 72 valence electrons. The van der Waals surface area contributed by atoms with Crippen molar-refractivity contribution < 1.29 is 15.3 Å². The van der Waals surface area contributed by atoms with Crippen LogP contribution in [0.5, 0.6) is 0 Å². The van der Waals surface area contributed by atoms with Crippen LogP contribution in [0.3, 0.4) is 0 Å². The van der Waals surface area contributed by atoms with E-state index in [1.165, 1.54) is 0 Å². The van der Waals surface area contributed by atoms with E-state index in [1.807, 2.05) is 0 Å². The highest BCUT2D eigenvalue weighted by atomic mass is 16.7. The summed E-state index contributed by atoms with van der Waals surface area (Å²) in [5.41, 5.74) is 5.74. The Balaban J connectivity index is 2.13. The van der Waals surface area contributed by atoms with Gasteiger partial charge in [0, 0.05) is 26.1 Å². The summed E-state index contributed by atoms with van der Waals surface area (Å²) in [7, 11) is 0. The van der Waals surface area contributed by atoms with Crippen molar-refractivity contribution in [1.82, 2.24) is 16.0 Å². The van der Waals surface area contributed by atoms with Crippen LogP contribution in [0.1, 0.15) is 12.8 Å².